The average molecular weight is 547 g/mol. The van der Waals surface area contributed by atoms with Crippen molar-refractivity contribution in [3.05, 3.63) is 52.5 Å². The molecule has 0 spiro atoms. The third-order valence-corrected chi connectivity index (χ3v) is 10.1. The fourth-order valence-corrected chi connectivity index (χ4v) is 7.59. The predicted octanol–water partition coefficient (Wildman–Crippen LogP) is 7.27. The fraction of sp³-hybridized carbons (Fsp3) is 0.500. The summed E-state index contributed by atoms with van der Waals surface area (Å²) in [4.78, 5) is 18.4. The molecule has 0 amide bonds. The minimum Gasteiger partial charge on any atom is -0.497 e. The number of aryl methyl sites for hydroxylation is 1. The monoisotopic (exact) mass is 546 g/mol. The molecule has 8 heteroatoms. The summed E-state index contributed by atoms with van der Waals surface area (Å²) in [5.74, 6) is 2.26. The van der Waals surface area contributed by atoms with Crippen LogP contribution in [0.15, 0.2) is 46.1 Å². The van der Waals surface area contributed by atoms with Gasteiger partial charge < -0.3 is 14.7 Å². The highest BCUT2D eigenvalue weighted by Crippen LogP contribution is 2.34. The van der Waals surface area contributed by atoms with Crippen molar-refractivity contribution >= 4 is 51.6 Å². The number of aromatic nitrogens is 1. The molecule has 0 aliphatic carbocycles. The number of carboxylic acid groups (broad SMARTS) is 1. The van der Waals surface area contributed by atoms with Gasteiger partial charge in [-0.15, -0.1) is 23.1 Å². The zero-order valence-corrected chi connectivity index (χ0v) is 23.2. The standard InChI is InChI=1S/C28H35ClN2O3S2/c1-34-23-7-8-26-24(18-23)21(10-13-30-26)5-2-4-20-11-15-31(19-22(20)6-9-27(32)33)14-3-16-35-28-25(29)12-17-36-28/h7-8,10,12-13,17-18,20,22H,2-6,9,11,14-16,19H2,1H3,(H,32,33). The highest BCUT2D eigenvalue weighted by atomic mass is 35.5. The molecule has 36 heavy (non-hydrogen) atoms. The quantitative estimate of drug-likeness (QED) is 0.180. The summed E-state index contributed by atoms with van der Waals surface area (Å²) in [6.45, 7) is 3.18. The summed E-state index contributed by atoms with van der Waals surface area (Å²) in [6.07, 6.45) is 8.43. The highest BCUT2D eigenvalue weighted by Gasteiger charge is 2.29. The molecule has 2 aromatic heterocycles. The molecule has 1 N–H and O–H groups in total. The lowest BCUT2D eigenvalue weighted by molar-refractivity contribution is -0.137. The van der Waals surface area contributed by atoms with Gasteiger partial charge in [-0.25, -0.2) is 0 Å². The Morgan fingerprint density at radius 2 is 2.14 bits per heavy atom. The predicted molar refractivity (Wildman–Crippen MR) is 151 cm³/mol. The number of nitrogens with zero attached hydrogens (tertiary/aromatic N) is 2. The second-order valence-electron chi connectivity index (χ2n) is 9.55. The number of hydrogen-bond acceptors (Lipinski definition) is 6. The van der Waals surface area contributed by atoms with Gasteiger partial charge in [0.25, 0.3) is 0 Å². The summed E-state index contributed by atoms with van der Waals surface area (Å²) in [5.41, 5.74) is 2.31. The summed E-state index contributed by atoms with van der Waals surface area (Å²) < 4.78 is 6.62. The van der Waals surface area contributed by atoms with E-state index in [2.05, 4.69) is 22.0 Å². The zero-order chi connectivity index (χ0) is 25.3. The third kappa shape index (κ3) is 7.60. The van der Waals surface area contributed by atoms with Gasteiger partial charge in [-0.3, -0.25) is 9.78 Å². The van der Waals surface area contributed by atoms with Crippen LogP contribution in [0.25, 0.3) is 10.9 Å². The molecule has 1 aliphatic rings. The smallest absolute Gasteiger partial charge is 0.303 e. The van der Waals surface area contributed by atoms with Gasteiger partial charge in [-0.1, -0.05) is 11.6 Å². The molecule has 1 aromatic carbocycles. The minimum atomic E-state index is -0.688. The van der Waals surface area contributed by atoms with E-state index in [9.17, 15) is 9.90 Å². The number of thioether (sulfide) groups is 1. The van der Waals surface area contributed by atoms with Crippen LogP contribution in [0, 0.1) is 11.8 Å². The van der Waals surface area contributed by atoms with Gasteiger partial charge >= 0.3 is 5.97 Å². The van der Waals surface area contributed by atoms with Crippen molar-refractivity contribution in [1.82, 2.24) is 9.88 Å². The van der Waals surface area contributed by atoms with Crippen LogP contribution in [0.2, 0.25) is 5.02 Å². The van der Waals surface area contributed by atoms with Crippen LogP contribution < -0.4 is 4.74 Å². The Balaban J connectivity index is 1.29. The van der Waals surface area contributed by atoms with Crippen LogP contribution in [0.1, 0.15) is 44.1 Å². The van der Waals surface area contributed by atoms with Crippen LogP contribution in [0.3, 0.4) is 0 Å². The molecular formula is C28H35ClN2O3S2. The van der Waals surface area contributed by atoms with Gasteiger partial charge in [0.05, 0.1) is 21.9 Å². The maximum Gasteiger partial charge on any atom is 0.303 e. The molecule has 5 nitrogen and oxygen atoms in total. The molecule has 2 atom stereocenters. The van der Waals surface area contributed by atoms with Crippen molar-refractivity contribution in [2.24, 2.45) is 11.8 Å². The number of piperidine rings is 1. The topological polar surface area (TPSA) is 62.7 Å². The molecule has 3 heterocycles. The lowest BCUT2D eigenvalue weighted by Crippen LogP contribution is -2.41. The van der Waals surface area contributed by atoms with E-state index in [1.54, 1.807) is 18.4 Å². The van der Waals surface area contributed by atoms with Crippen molar-refractivity contribution in [1.29, 1.82) is 0 Å². The number of fused-ring (bicyclic) bond motifs is 1. The van der Waals surface area contributed by atoms with E-state index in [4.69, 9.17) is 16.3 Å². The number of hydrogen-bond donors (Lipinski definition) is 1. The Kier molecular flexibility index (Phi) is 10.3. The van der Waals surface area contributed by atoms with Gasteiger partial charge in [0, 0.05) is 30.3 Å². The molecule has 0 radical (unpaired) electrons. The number of benzene rings is 1. The Morgan fingerprint density at radius 1 is 1.25 bits per heavy atom. The number of ether oxygens (including phenoxy) is 1. The van der Waals surface area contributed by atoms with Crippen molar-refractivity contribution in [2.75, 3.05) is 32.5 Å². The van der Waals surface area contributed by atoms with E-state index in [-0.39, 0.29) is 6.42 Å². The molecule has 2 unspecified atom stereocenters. The maximum atomic E-state index is 11.3. The molecule has 1 saturated heterocycles. The number of pyridine rings is 1. The second kappa shape index (κ2) is 13.7. The summed E-state index contributed by atoms with van der Waals surface area (Å²) >= 11 is 9.75. The molecule has 3 aromatic rings. The normalized spacial score (nSPS) is 18.5. The molecule has 1 aliphatic heterocycles. The van der Waals surface area contributed by atoms with Crippen LogP contribution in [0.4, 0.5) is 0 Å². The Labute approximate surface area is 227 Å². The van der Waals surface area contributed by atoms with Gasteiger partial charge in [-0.05, 0) is 105 Å². The van der Waals surface area contributed by atoms with Gasteiger partial charge in [0.2, 0.25) is 0 Å². The zero-order valence-electron chi connectivity index (χ0n) is 20.8. The van der Waals surface area contributed by atoms with Crippen LogP contribution >= 0.6 is 34.7 Å². The number of carboxylic acids is 1. The van der Waals surface area contributed by atoms with E-state index >= 15 is 0 Å². The first-order chi connectivity index (χ1) is 17.5. The lowest BCUT2D eigenvalue weighted by atomic mass is 9.79. The summed E-state index contributed by atoms with van der Waals surface area (Å²) in [5, 5.41) is 13.4. The van der Waals surface area contributed by atoms with E-state index in [1.807, 2.05) is 41.5 Å². The second-order valence-corrected chi connectivity index (χ2v) is 12.2. The fourth-order valence-electron chi connectivity index (χ4n) is 5.29. The summed E-state index contributed by atoms with van der Waals surface area (Å²) in [6, 6.07) is 10.1. The van der Waals surface area contributed by atoms with Gasteiger partial charge in [-0.2, -0.15) is 0 Å². The molecule has 1 fully saturated rings. The van der Waals surface area contributed by atoms with E-state index in [0.717, 1.165) is 85.6 Å². The number of thiophene rings is 1. The number of rotatable bonds is 13. The largest absolute Gasteiger partial charge is 0.497 e. The average Bonchev–Trinajstić information content (AvgIpc) is 3.30. The first kappa shape index (κ1) is 27.2. The number of aliphatic carboxylic acids is 1. The summed E-state index contributed by atoms with van der Waals surface area (Å²) in [7, 11) is 1.69. The Morgan fingerprint density at radius 3 is 2.92 bits per heavy atom. The lowest BCUT2D eigenvalue weighted by Gasteiger charge is -2.39. The van der Waals surface area contributed by atoms with Crippen LogP contribution in [0.5, 0.6) is 5.75 Å². The van der Waals surface area contributed by atoms with Gasteiger partial charge in [0.1, 0.15) is 5.75 Å². The maximum absolute atomic E-state index is 11.3. The van der Waals surface area contributed by atoms with Crippen LogP contribution in [-0.2, 0) is 11.2 Å². The van der Waals surface area contributed by atoms with E-state index < -0.39 is 5.97 Å². The van der Waals surface area contributed by atoms with Gasteiger partial charge in [0.15, 0.2) is 0 Å². The van der Waals surface area contributed by atoms with E-state index in [1.165, 1.54) is 9.77 Å². The van der Waals surface area contributed by atoms with Crippen molar-refractivity contribution in [3.63, 3.8) is 0 Å². The third-order valence-electron chi connectivity index (χ3n) is 7.20. The molecule has 194 valence electrons. The van der Waals surface area contributed by atoms with Crippen molar-refractivity contribution in [3.8, 4) is 5.75 Å². The SMILES string of the molecule is COc1ccc2nccc(CCCC3CCN(CCCSc4sccc4Cl)CC3CCC(=O)O)c2c1. The first-order valence-corrected chi connectivity index (χ1v) is 15.0. The van der Waals surface area contributed by atoms with Crippen molar-refractivity contribution < 1.29 is 14.6 Å². The molecule has 4 rings (SSSR count). The molecule has 0 saturated carbocycles. The molecule has 0 bridgehead atoms. The Bertz CT molecular complexity index is 1140. The number of halogens is 1. The highest BCUT2D eigenvalue weighted by molar-refractivity contribution is 8.01. The Hall–Kier alpha value is -1.80. The van der Waals surface area contributed by atoms with E-state index in [0.29, 0.717) is 11.8 Å². The number of likely N-dealkylation sites (tertiary alicyclic amines) is 1. The van der Waals surface area contributed by atoms with Crippen LogP contribution in [-0.4, -0.2) is 53.5 Å². The minimum absolute atomic E-state index is 0.260. The first-order valence-electron chi connectivity index (χ1n) is 12.7. The molecular weight excluding hydrogens is 512 g/mol. The van der Waals surface area contributed by atoms with Crippen molar-refractivity contribution in [2.45, 2.75) is 49.2 Å². The number of carbonyl (C=O) groups is 1. The number of methoxy groups -OCH3 is 1.